The van der Waals surface area contributed by atoms with E-state index in [0.29, 0.717) is 11.7 Å². The highest BCUT2D eigenvalue weighted by atomic mass is 16.5. The molecule has 1 amide bonds. The molecule has 7 nitrogen and oxygen atoms in total. The number of hydrogen-bond acceptors (Lipinski definition) is 6. The predicted molar refractivity (Wildman–Crippen MR) is 136 cm³/mol. The number of anilines is 1. The Morgan fingerprint density at radius 2 is 1.86 bits per heavy atom. The Morgan fingerprint density at radius 1 is 1.11 bits per heavy atom. The van der Waals surface area contributed by atoms with Crippen LogP contribution >= 0.6 is 0 Å². The first-order chi connectivity index (χ1) is 17.1. The Hall–Kier alpha value is -2.97. The lowest BCUT2D eigenvalue weighted by Gasteiger charge is -2.43. The number of benzene rings is 2. The van der Waals surface area contributed by atoms with Crippen molar-refractivity contribution in [2.45, 2.75) is 43.5 Å². The fourth-order valence-electron chi connectivity index (χ4n) is 6.12. The lowest BCUT2D eigenvalue weighted by Crippen LogP contribution is -2.54. The van der Waals surface area contributed by atoms with Crippen molar-refractivity contribution in [1.29, 1.82) is 0 Å². The summed E-state index contributed by atoms with van der Waals surface area (Å²) in [6.45, 7) is 4.69. The number of nitrogens with one attached hydrogen (secondary N) is 3. The number of para-hydroxylation sites is 1. The first kappa shape index (κ1) is 22.5. The van der Waals surface area contributed by atoms with Crippen LogP contribution < -0.4 is 16.0 Å². The van der Waals surface area contributed by atoms with Crippen LogP contribution in [0.5, 0.6) is 0 Å². The fraction of sp³-hybridized carbons (Fsp3) is 0.393. The smallest absolute Gasteiger partial charge is 0.253 e. The molecule has 2 aromatic carbocycles. The van der Waals surface area contributed by atoms with Gasteiger partial charge in [0.2, 0.25) is 0 Å². The van der Waals surface area contributed by atoms with Gasteiger partial charge in [0.05, 0.1) is 36.1 Å². The molecule has 4 aliphatic rings. The molecule has 35 heavy (non-hydrogen) atoms. The van der Waals surface area contributed by atoms with Crippen molar-refractivity contribution in [2.75, 3.05) is 32.2 Å². The topological polar surface area (TPSA) is 68.9 Å². The predicted octanol–water partition coefficient (Wildman–Crippen LogP) is 3.27. The maximum absolute atomic E-state index is 13.6. The summed E-state index contributed by atoms with van der Waals surface area (Å²) in [6.07, 6.45) is 6.60. The molecular formula is C28H33N5O2. The summed E-state index contributed by atoms with van der Waals surface area (Å²) in [4.78, 5) is 13.6. The summed E-state index contributed by atoms with van der Waals surface area (Å²) in [7, 11) is 1.81. The van der Waals surface area contributed by atoms with E-state index in [0.717, 1.165) is 49.5 Å². The number of methoxy groups -OCH3 is 1. The number of amides is 1. The molecule has 2 saturated heterocycles. The second-order valence-electron chi connectivity index (χ2n) is 9.84. The van der Waals surface area contributed by atoms with Crippen molar-refractivity contribution in [3.8, 4) is 0 Å². The average molecular weight is 472 g/mol. The zero-order chi connectivity index (χ0) is 24.0. The van der Waals surface area contributed by atoms with Gasteiger partial charge in [-0.2, -0.15) is 0 Å². The van der Waals surface area contributed by atoms with E-state index in [1.807, 2.05) is 49.4 Å². The van der Waals surface area contributed by atoms with Gasteiger partial charge in [0.1, 0.15) is 5.54 Å². The number of rotatable bonds is 5. The van der Waals surface area contributed by atoms with E-state index >= 15 is 0 Å². The average Bonchev–Trinajstić information content (AvgIpc) is 3.46. The number of piperidine rings is 1. The quantitative estimate of drug-likeness (QED) is 0.622. The van der Waals surface area contributed by atoms with Gasteiger partial charge in [-0.1, -0.05) is 54.6 Å². The van der Waals surface area contributed by atoms with Gasteiger partial charge in [0, 0.05) is 31.5 Å². The standard InChI is InChI=1S/C28H33N5O2/c1-19(20-8-4-3-5-9-20)30-27(34)22-12-13-25-28(23-10-6-7-11-24(23)31-26(22)28)29-18-33(25)32-16-14-21(35-2)15-17-32/h3-13,19,21,25,29,31H,14-18H2,1-2H3,(H,30,34). The number of nitrogens with zero attached hydrogens (tertiary/aromatic N) is 2. The highest BCUT2D eigenvalue weighted by Crippen LogP contribution is 2.51. The highest BCUT2D eigenvalue weighted by molar-refractivity contribution is 5.99. The first-order valence-electron chi connectivity index (χ1n) is 12.6. The van der Waals surface area contributed by atoms with Gasteiger partial charge in [0.15, 0.2) is 0 Å². The van der Waals surface area contributed by atoms with E-state index < -0.39 is 5.54 Å². The first-order valence-corrected chi connectivity index (χ1v) is 12.6. The minimum atomic E-state index is -0.480. The van der Waals surface area contributed by atoms with Gasteiger partial charge >= 0.3 is 0 Å². The molecule has 3 N–H and O–H groups in total. The van der Waals surface area contributed by atoms with Crippen LogP contribution in [0.25, 0.3) is 0 Å². The van der Waals surface area contributed by atoms with Gasteiger partial charge < -0.3 is 15.4 Å². The van der Waals surface area contributed by atoms with Crippen LogP contribution in [0.15, 0.2) is 78.0 Å². The third-order valence-electron chi connectivity index (χ3n) is 8.01. The van der Waals surface area contributed by atoms with Crippen LogP contribution in [-0.4, -0.2) is 54.9 Å². The summed E-state index contributed by atoms with van der Waals surface area (Å²) in [5, 5.41) is 15.6. The fourth-order valence-corrected chi connectivity index (χ4v) is 6.12. The molecule has 182 valence electrons. The zero-order valence-electron chi connectivity index (χ0n) is 20.3. The number of hydrogen-bond donors (Lipinski definition) is 3. The third kappa shape index (κ3) is 3.62. The Kier molecular flexibility index (Phi) is 5.73. The number of carbonyl (C=O) groups excluding carboxylic acids is 1. The molecular weight excluding hydrogens is 438 g/mol. The van der Waals surface area contributed by atoms with Gasteiger partial charge in [-0.05, 0) is 37.5 Å². The molecule has 3 heterocycles. The Bertz CT molecular complexity index is 1170. The van der Waals surface area contributed by atoms with Gasteiger partial charge in [-0.25, -0.2) is 10.0 Å². The minimum absolute atomic E-state index is 0.0631. The Balaban J connectivity index is 1.33. The lowest BCUT2D eigenvalue weighted by molar-refractivity contribution is -0.118. The van der Waals surface area contributed by atoms with Gasteiger partial charge in [-0.15, -0.1) is 0 Å². The van der Waals surface area contributed by atoms with Crippen molar-refractivity contribution in [3.63, 3.8) is 0 Å². The summed E-state index contributed by atoms with van der Waals surface area (Å²) < 4.78 is 5.59. The molecule has 3 unspecified atom stereocenters. The Labute approximate surface area is 206 Å². The summed E-state index contributed by atoms with van der Waals surface area (Å²) in [6, 6.07) is 18.5. The van der Waals surface area contributed by atoms with Crippen LogP contribution in [0, 0.1) is 0 Å². The van der Waals surface area contributed by atoms with Crippen molar-refractivity contribution in [1.82, 2.24) is 20.7 Å². The van der Waals surface area contributed by atoms with Crippen molar-refractivity contribution < 1.29 is 9.53 Å². The lowest BCUT2D eigenvalue weighted by atomic mass is 9.78. The Morgan fingerprint density at radius 3 is 2.63 bits per heavy atom. The number of ether oxygens (including phenoxy) is 1. The normalized spacial score (nSPS) is 27.2. The number of hydrazine groups is 1. The van der Waals surface area contributed by atoms with E-state index in [-0.39, 0.29) is 18.0 Å². The molecule has 0 saturated carbocycles. The van der Waals surface area contributed by atoms with Crippen LogP contribution in [0.1, 0.15) is 36.9 Å². The molecule has 3 atom stereocenters. The molecule has 6 rings (SSSR count). The van der Waals surface area contributed by atoms with Gasteiger partial charge in [-0.3, -0.25) is 10.1 Å². The second kappa shape index (κ2) is 8.91. The molecule has 7 heteroatoms. The van der Waals surface area contributed by atoms with E-state index in [4.69, 9.17) is 4.74 Å². The van der Waals surface area contributed by atoms with Crippen LogP contribution in [0.2, 0.25) is 0 Å². The second-order valence-corrected chi connectivity index (χ2v) is 9.84. The van der Waals surface area contributed by atoms with Crippen molar-refractivity contribution in [2.24, 2.45) is 0 Å². The SMILES string of the molecule is COC1CCN(N2CNC34C(=C(C(=O)NC(C)c5ccccc5)C=CC23)Nc2ccccc24)CC1. The molecule has 0 radical (unpaired) electrons. The maximum Gasteiger partial charge on any atom is 0.253 e. The largest absolute Gasteiger partial charge is 0.381 e. The van der Waals surface area contributed by atoms with E-state index in [2.05, 4.69) is 50.2 Å². The maximum atomic E-state index is 13.6. The van der Waals surface area contributed by atoms with E-state index in [9.17, 15) is 4.79 Å². The molecule has 1 aliphatic carbocycles. The molecule has 3 aliphatic heterocycles. The number of fused-ring (bicyclic) bond motifs is 1. The third-order valence-corrected chi connectivity index (χ3v) is 8.01. The summed E-state index contributed by atoms with van der Waals surface area (Å²) in [5.41, 5.74) is 4.49. The van der Waals surface area contributed by atoms with E-state index in [1.54, 1.807) is 7.11 Å². The van der Waals surface area contributed by atoms with Crippen LogP contribution in [0.3, 0.4) is 0 Å². The number of carbonyl (C=O) groups is 1. The monoisotopic (exact) mass is 471 g/mol. The molecule has 2 fully saturated rings. The molecule has 2 aromatic rings. The summed E-state index contributed by atoms with van der Waals surface area (Å²) in [5.74, 6) is -0.0631. The molecule has 1 spiro atoms. The summed E-state index contributed by atoms with van der Waals surface area (Å²) >= 11 is 0. The molecule has 0 aromatic heterocycles. The minimum Gasteiger partial charge on any atom is -0.381 e. The van der Waals surface area contributed by atoms with Gasteiger partial charge in [0.25, 0.3) is 5.91 Å². The van der Waals surface area contributed by atoms with Crippen LogP contribution in [0.4, 0.5) is 5.69 Å². The molecule has 0 bridgehead atoms. The van der Waals surface area contributed by atoms with Crippen LogP contribution in [-0.2, 0) is 15.1 Å². The van der Waals surface area contributed by atoms with Crippen molar-refractivity contribution >= 4 is 11.6 Å². The van der Waals surface area contributed by atoms with E-state index in [1.165, 1.54) is 5.56 Å². The zero-order valence-corrected chi connectivity index (χ0v) is 20.3. The highest BCUT2D eigenvalue weighted by Gasteiger charge is 2.58. The van der Waals surface area contributed by atoms with Crippen molar-refractivity contribution in [3.05, 3.63) is 89.1 Å².